The minimum Gasteiger partial charge on any atom is -0.298 e. The summed E-state index contributed by atoms with van der Waals surface area (Å²) in [6.07, 6.45) is 1.60. The Morgan fingerprint density at radius 1 is 1.47 bits per heavy atom. The van der Waals surface area contributed by atoms with Gasteiger partial charge in [-0.1, -0.05) is 20.3 Å². The molecule has 0 heterocycles. The number of ketones is 2. The Hall–Kier alpha value is -0.800. The predicted octanol–water partition coefficient (Wildman–Crippen LogP) is 2.61. The molecule has 86 valence electrons. The maximum Gasteiger partial charge on any atom is 0.303 e. The van der Waals surface area contributed by atoms with Gasteiger partial charge in [0.2, 0.25) is 5.78 Å². The molecule has 0 amide bonds. The molecule has 1 unspecified atom stereocenters. The standard InChI is InChI=1S/C11H16F2O2/c1-10(2)6-4-5-7(8(10)14)9(15)11(3,12)13/h7H,4-6H2,1-3H3. The van der Waals surface area contributed by atoms with E-state index in [0.29, 0.717) is 19.8 Å². The number of hydrogen-bond donors (Lipinski definition) is 0. The maximum absolute atomic E-state index is 12.8. The average molecular weight is 218 g/mol. The fraction of sp³-hybridized carbons (Fsp3) is 0.818. The SMILES string of the molecule is CC(F)(F)C(=O)C1CCCC(C)(C)C1=O. The van der Waals surface area contributed by atoms with Crippen LogP contribution in [0.2, 0.25) is 0 Å². The summed E-state index contributed by atoms with van der Waals surface area (Å²) in [6, 6.07) is 0. The molecule has 1 aliphatic rings. The average Bonchev–Trinajstić information content (AvgIpc) is 2.07. The highest BCUT2D eigenvalue weighted by Crippen LogP contribution is 2.37. The quantitative estimate of drug-likeness (QED) is 0.667. The first-order valence-corrected chi connectivity index (χ1v) is 5.13. The van der Waals surface area contributed by atoms with E-state index in [2.05, 4.69) is 0 Å². The molecule has 15 heavy (non-hydrogen) atoms. The lowest BCUT2D eigenvalue weighted by Gasteiger charge is -2.33. The number of carbonyl (C=O) groups is 2. The predicted molar refractivity (Wildman–Crippen MR) is 51.8 cm³/mol. The van der Waals surface area contributed by atoms with Crippen LogP contribution in [0.5, 0.6) is 0 Å². The molecule has 0 bridgehead atoms. The van der Waals surface area contributed by atoms with Crippen molar-refractivity contribution in [3.05, 3.63) is 0 Å². The Morgan fingerprint density at radius 3 is 2.47 bits per heavy atom. The second-order valence-electron chi connectivity index (χ2n) is 4.95. The van der Waals surface area contributed by atoms with Crippen LogP contribution in [0, 0.1) is 11.3 Å². The summed E-state index contributed by atoms with van der Waals surface area (Å²) < 4.78 is 25.6. The van der Waals surface area contributed by atoms with Gasteiger partial charge in [-0.15, -0.1) is 0 Å². The number of halogens is 2. The van der Waals surface area contributed by atoms with Crippen LogP contribution in [0.3, 0.4) is 0 Å². The highest BCUT2D eigenvalue weighted by molar-refractivity contribution is 6.07. The summed E-state index contributed by atoms with van der Waals surface area (Å²) in [7, 11) is 0. The fourth-order valence-electron chi connectivity index (χ4n) is 2.03. The van der Waals surface area contributed by atoms with Gasteiger partial charge in [0.25, 0.3) is 0 Å². The van der Waals surface area contributed by atoms with Gasteiger partial charge in [0, 0.05) is 12.3 Å². The maximum atomic E-state index is 12.8. The van der Waals surface area contributed by atoms with Gasteiger partial charge in [0.1, 0.15) is 5.78 Å². The third-order valence-corrected chi connectivity index (χ3v) is 3.03. The zero-order chi connectivity index (χ0) is 11.9. The molecular weight excluding hydrogens is 202 g/mol. The summed E-state index contributed by atoms with van der Waals surface area (Å²) in [5.41, 5.74) is -0.635. The van der Waals surface area contributed by atoms with E-state index in [0.717, 1.165) is 0 Å². The fourth-order valence-corrected chi connectivity index (χ4v) is 2.03. The van der Waals surface area contributed by atoms with Gasteiger partial charge in [-0.3, -0.25) is 9.59 Å². The number of rotatable bonds is 2. The third kappa shape index (κ3) is 2.41. The molecule has 1 saturated carbocycles. The number of hydrogen-bond acceptors (Lipinski definition) is 2. The van der Waals surface area contributed by atoms with E-state index in [1.54, 1.807) is 13.8 Å². The van der Waals surface area contributed by atoms with Crippen LogP contribution >= 0.6 is 0 Å². The van der Waals surface area contributed by atoms with E-state index in [-0.39, 0.29) is 12.2 Å². The van der Waals surface area contributed by atoms with Crippen molar-refractivity contribution in [1.82, 2.24) is 0 Å². The summed E-state index contributed by atoms with van der Waals surface area (Å²) >= 11 is 0. The molecule has 1 atom stereocenters. The zero-order valence-electron chi connectivity index (χ0n) is 9.27. The van der Waals surface area contributed by atoms with Crippen molar-refractivity contribution >= 4 is 11.6 Å². The molecule has 1 fully saturated rings. The molecule has 4 heteroatoms. The van der Waals surface area contributed by atoms with Crippen LogP contribution in [0.25, 0.3) is 0 Å². The van der Waals surface area contributed by atoms with Crippen molar-refractivity contribution in [2.75, 3.05) is 0 Å². The lowest BCUT2D eigenvalue weighted by Crippen LogP contribution is -2.44. The smallest absolute Gasteiger partial charge is 0.298 e. The molecule has 1 rings (SSSR count). The Balaban J connectivity index is 2.88. The topological polar surface area (TPSA) is 34.1 Å². The van der Waals surface area contributed by atoms with Gasteiger partial charge in [-0.25, -0.2) is 0 Å². The van der Waals surface area contributed by atoms with Crippen LogP contribution in [0.4, 0.5) is 8.78 Å². The Kier molecular flexibility index (Phi) is 2.99. The van der Waals surface area contributed by atoms with Crippen LogP contribution < -0.4 is 0 Å². The monoisotopic (exact) mass is 218 g/mol. The second-order valence-corrected chi connectivity index (χ2v) is 4.95. The molecule has 0 aromatic heterocycles. The first-order chi connectivity index (χ1) is 6.66. The zero-order valence-corrected chi connectivity index (χ0v) is 9.27. The van der Waals surface area contributed by atoms with Crippen LogP contribution in [-0.4, -0.2) is 17.5 Å². The van der Waals surface area contributed by atoms with Crippen molar-refractivity contribution in [2.24, 2.45) is 11.3 Å². The lowest BCUT2D eigenvalue weighted by atomic mass is 9.69. The molecule has 0 saturated heterocycles. The van der Waals surface area contributed by atoms with Crippen LogP contribution in [-0.2, 0) is 9.59 Å². The first-order valence-electron chi connectivity index (χ1n) is 5.13. The van der Waals surface area contributed by atoms with E-state index in [1.807, 2.05) is 0 Å². The van der Waals surface area contributed by atoms with E-state index < -0.39 is 23.0 Å². The van der Waals surface area contributed by atoms with Crippen LogP contribution in [0.1, 0.15) is 40.0 Å². The van der Waals surface area contributed by atoms with Gasteiger partial charge in [0.05, 0.1) is 5.92 Å². The normalized spacial score (nSPS) is 26.5. The van der Waals surface area contributed by atoms with Crippen molar-refractivity contribution in [1.29, 1.82) is 0 Å². The minimum absolute atomic E-state index is 0.268. The second kappa shape index (κ2) is 3.65. The molecule has 0 N–H and O–H groups in total. The van der Waals surface area contributed by atoms with Crippen molar-refractivity contribution in [3.8, 4) is 0 Å². The first kappa shape index (κ1) is 12.3. The Bertz CT molecular complexity index is 281. The Labute approximate surface area is 88.0 Å². The van der Waals surface area contributed by atoms with E-state index in [9.17, 15) is 18.4 Å². The van der Waals surface area contributed by atoms with Crippen LogP contribution in [0.15, 0.2) is 0 Å². The van der Waals surface area contributed by atoms with Crippen molar-refractivity contribution < 1.29 is 18.4 Å². The van der Waals surface area contributed by atoms with Gasteiger partial charge in [-0.05, 0) is 12.8 Å². The highest BCUT2D eigenvalue weighted by Gasteiger charge is 2.47. The molecule has 0 aliphatic heterocycles. The van der Waals surface area contributed by atoms with Crippen molar-refractivity contribution in [2.45, 2.75) is 46.0 Å². The third-order valence-electron chi connectivity index (χ3n) is 3.03. The summed E-state index contributed by atoms with van der Waals surface area (Å²) in [4.78, 5) is 23.1. The van der Waals surface area contributed by atoms with Gasteiger partial charge < -0.3 is 0 Å². The molecule has 1 aliphatic carbocycles. The number of Topliss-reactive ketones (excluding diaryl/α,β-unsaturated/α-hetero) is 2. The summed E-state index contributed by atoms with van der Waals surface area (Å²) in [5.74, 6) is -6.05. The van der Waals surface area contributed by atoms with Gasteiger partial charge in [0.15, 0.2) is 0 Å². The molecule has 0 aromatic carbocycles. The summed E-state index contributed by atoms with van der Waals surface area (Å²) in [5, 5.41) is 0. The molecule has 0 spiro atoms. The van der Waals surface area contributed by atoms with E-state index in [1.165, 1.54) is 0 Å². The molecule has 0 radical (unpaired) electrons. The summed E-state index contributed by atoms with van der Waals surface area (Å²) in [6.45, 7) is 3.98. The van der Waals surface area contributed by atoms with Crippen molar-refractivity contribution in [3.63, 3.8) is 0 Å². The molecule has 0 aromatic rings. The van der Waals surface area contributed by atoms with E-state index >= 15 is 0 Å². The molecule has 2 nitrogen and oxygen atoms in total. The van der Waals surface area contributed by atoms with E-state index in [4.69, 9.17) is 0 Å². The molecular formula is C11H16F2O2. The minimum atomic E-state index is -3.40. The number of alkyl halides is 2. The van der Waals surface area contributed by atoms with Gasteiger partial charge >= 0.3 is 5.92 Å². The number of carbonyl (C=O) groups excluding carboxylic acids is 2. The highest BCUT2D eigenvalue weighted by atomic mass is 19.3. The largest absolute Gasteiger partial charge is 0.303 e. The lowest BCUT2D eigenvalue weighted by molar-refractivity contribution is -0.153. The van der Waals surface area contributed by atoms with Gasteiger partial charge in [-0.2, -0.15) is 8.78 Å². The Morgan fingerprint density at radius 2 is 2.00 bits per heavy atom.